The molecule has 1 rings (SSSR count). The first-order valence-corrected chi connectivity index (χ1v) is 8.52. The van der Waals surface area contributed by atoms with Crippen LogP contribution < -0.4 is 9.47 Å². The minimum absolute atomic E-state index is 0.0524. The molecule has 0 heterocycles. The van der Waals surface area contributed by atoms with Crippen LogP contribution in [0.3, 0.4) is 0 Å². The van der Waals surface area contributed by atoms with Crippen LogP contribution in [0, 0.1) is 0 Å². The summed E-state index contributed by atoms with van der Waals surface area (Å²) in [5.74, 6) is -0.314. The Kier molecular flexibility index (Phi) is 12.2. The molecule has 1 atom stereocenters. The average Bonchev–Trinajstić information content (AvgIpc) is 2.67. The first kappa shape index (κ1) is 23.1. The number of ether oxygens (including phenoxy) is 7. The molecule has 0 saturated heterocycles. The molecule has 0 bridgehead atoms. The second-order valence-electron chi connectivity index (χ2n) is 5.16. The van der Waals surface area contributed by atoms with E-state index in [1.807, 2.05) is 0 Å². The first-order valence-electron chi connectivity index (χ1n) is 8.52. The second kappa shape index (κ2) is 14.2. The quantitative estimate of drug-likeness (QED) is 0.270. The van der Waals surface area contributed by atoms with Crippen molar-refractivity contribution in [3.05, 3.63) is 23.8 Å². The summed E-state index contributed by atoms with van der Waals surface area (Å²) >= 11 is 0. The molecule has 1 N–H and O–H groups in total. The Morgan fingerprint density at radius 2 is 1.63 bits per heavy atom. The largest absolute Gasteiger partial charge is 0.464 e. The highest BCUT2D eigenvalue weighted by molar-refractivity contribution is 5.77. The van der Waals surface area contributed by atoms with Gasteiger partial charge in [-0.1, -0.05) is 12.1 Å². The maximum atomic E-state index is 11.9. The van der Waals surface area contributed by atoms with Crippen molar-refractivity contribution in [2.45, 2.75) is 13.0 Å². The number of esters is 1. The zero-order valence-electron chi connectivity index (χ0n) is 16.0. The van der Waals surface area contributed by atoms with Crippen LogP contribution in [0.15, 0.2) is 18.2 Å². The van der Waals surface area contributed by atoms with Crippen LogP contribution in [-0.2, 0) is 28.5 Å². The molecule has 154 valence electrons. The van der Waals surface area contributed by atoms with Gasteiger partial charge < -0.3 is 38.3 Å². The Morgan fingerprint density at radius 1 is 1.00 bits per heavy atom. The highest BCUT2D eigenvalue weighted by Crippen LogP contribution is 2.35. The normalized spacial score (nSPS) is 11.9. The number of aliphatic hydroxyl groups excluding tert-OH is 1. The van der Waals surface area contributed by atoms with Gasteiger partial charge >= 0.3 is 5.97 Å². The summed E-state index contributed by atoms with van der Waals surface area (Å²) in [4.78, 5) is 11.9. The van der Waals surface area contributed by atoms with Crippen molar-refractivity contribution in [3.8, 4) is 11.5 Å². The molecule has 0 aliphatic heterocycles. The van der Waals surface area contributed by atoms with E-state index in [9.17, 15) is 9.90 Å². The lowest BCUT2D eigenvalue weighted by atomic mass is 10.1. The van der Waals surface area contributed by atoms with Crippen molar-refractivity contribution < 1.29 is 43.1 Å². The van der Waals surface area contributed by atoms with E-state index >= 15 is 0 Å². The van der Waals surface area contributed by atoms with Gasteiger partial charge in [0.25, 0.3) is 0 Å². The third kappa shape index (κ3) is 8.55. The van der Waals surface area contributed by atoms with Crippen LogP contribution in [0.25, 0.3) is 0 Å². The van der Waals surface area contributed by atoms with E-state index < -0.39 is 12.1 Å². The van der Waals surface area contributed by atoms with E-state index in [-0.39, 0.29) is 31.5 Å². The molecular formula is C18H28O9. The number of carbonyl (C=O) groups is 1. The Bertz CT molecular complexity index is 536. The van der Waals surface area contributed by atoms with Gasteiger partial charge in [0.15, 0.2) is 31.2 Å². The van der Waals surface area contributed by atoms with E-state index in [0.29, 0.717) is 32.2 Å². The van der Waals surface area contributed by atoms with Crippen LogP contribution in [-0.4, -0.2) is 71.9 Å². The molecule has 1 aromatic carbocycles. The Hall–Kier alpha value is -1.91. The molecule has 0 spiro atoms. The molecule has 0 fully saturated rings. The van der Waals surface area contributed by atoms with E-state index in [2.05, 4.69) is 0 Å². The highest BCUT2D eigenvalue weighted by Gasteiger charge is 2.25. The molecular weight excluding hydrogens is 360 g/mol. The minimum atomic E-state index is -1.52. The number of rotatable bonds is 15. The fourth-order valence-electron chi connectivity index (χ4n) is 1.97. The van der Waals surface area contributed by atoms with Crippen LogP contribution in [0.4, 0.5) is 0 Å². The van der Waals surface area contributed by atoms with Gasteiger partial charge in [-0.15, -0.1) is 0 Å². The van der Waals surface area contributed by atoms with Gasteiger partial charge in [-0.2, -0.15) is 0 Å². The standard InChI is InChI=1S/C18H28O9/c1-4-25-18(20)16(19)14-6-5-7-15(26-12-23-10-8-21-2)17(14)27-13-24-11-9-22-3/h5-7,16,19H,4,8-13H2,1-3H3. The Labute approximate surface area is 159 Å². The molecule has 9 heteroatoms. The molecule has 0 amide bonds. The molecule has 9 nitrogen and oxygen atoms in total. The summed E-state index contributed by atoms with van der Waals surface area (Å²) in [6.07, 6.45) is -1.52. The number of carbonyl (C=O) groups excluding carboxylic acids is 1. The summed E-state index contributed by atoms with van der Waals surface area (Å²) < 4.78 is 36.3. The number of aliphatic hydroxyl groups is 1. The van der Waals surface area contributed by atoms with Gasteiger partial charge in [-0.05, 0) is 13.0 Å². The molecule has 1 unspecified atom stereocenters. The summed E-state index contributed by atoms with van der Waals surface area (Å²) in [7, 11) is 3.13. The maximum absolute atomic E-state index is 11.9. The Morgan fingerprint density at radius 3 is 2.22 bits per heavy atom. The predicted octanol–water partition coefficient (Wildman–Crippen LogP) is 1.28. The van der Waals surface area contributed by atoms with Crippen molar-refractivity contribution in [1.82, 2.24) is 0 Å². The number of benzene rings is 1. The van der Waals surface area contributed by atoms with Crippen molar-refractivity contribution in [2.24, 2.45) is 0 Å². The molecule has 0 aliphatic carbocycles. The van der Waals surface area contributed by atoms with Gasteiger partial charge in [-0.25, -0.2) is 4.79 Å². The molecule has 0 radical (unpaired) electrons. The molecule has 0 saturated carbocycles. The Balaban J connectivity index is 2.85. The van der Waals surface area contributed by atoms with Crippen molar-refractivity contribution in [3.63, 3.8) is 0 Å². The third-order valence-corrected chi connectivity index (χ3v) is 3.26. The summed E-state index contributed by atoms with van der Waals surface area (Å²) in [5.41, 5.74) is 0.207. The van der Waals surface area contributed by atoms with Crippen LogP contribution in [0.1, 0.15) is 18.6 Å². The predicted molar refractivity (Wildman–Crippen MR) is 94.7 cm³/mol. The second-order valence-corrected chi connectivity index (χ2v) is 5.16. The summed E-state index contributed by atoms with van der Waals surface area (Å²) in [6.45, 7) is 3.17. The van der Waals surface area contributed by atoms with Gasteiger partial charge in [0, 0.05) is 19.8 Å². The number of hydrogen-bond acceptors (Lipinski definition) is 9. The maximum Gasteiger partial charge on any atom is 0.339 e. The van der Waals surface area contributed by atoms with E-state index in [0.717, 1.165) is 0 Å². The molecule has 0 aromatic heterocycles. The first-order chi connectivity index (χ1) is 13.2. The fraction of sp³-hybridized carbons (Fsp3) is 0.611. The monoisotopic (exact) mass is 388 g/mol. The lowest BCUT2D eigenvalue weighted by molar-refractivity contribution is -0.153. The zero-order chi connectivity index (χ0) is 19.9. The van der Waals surface area contributed by atoms with Crippen LogP contribution in [0.2, 0.25) is 0 Å². The van der Waals surface area contributed by atoms with Crippen LogP contribution >= 0.6 is 0 Å². The van der Waals surface area contributed by atoms with Gasteiger partial charge in [0.2, 0.25) is 0 Å². The molecule has 0 aliphatic rings. The lowest BCUT2D eigenvalue weighted by Crippen LogP contribution is -2.18. The van der Waals surface area contributed by atoms with E-state index in [1.165, 1.54) is 0 Å². The molecule has 27 heavy (non-hydrogen) atoms. The SMILES string of the molecule is CCOC(=O)C(O)c1cccc(OCOCCOC)c1OCOCCOC. The van der Waals surface area contributed by atoms with Gasteiger partial charge in [-0.3, -0.25) is 0 Å². The van der Waals surface area contributed by atoms with Gasteiger partial charge in [0.1, 0.15) is 0 Å². The van der Waals surface area contributed by atoms with E-state index in [4.69, 9.17) is 33.2 Å². The highest BCUT2D eigenvalue weighted by atomic mass is 16.7. The van der Waals surface area contributed by atoms with Crippen molar-refractivity contribution >= 4 is 5.97 Å². The number of para-hydroxylation sites is 1. The van der Waals surface area contributed by atoms with E-state index in [1.54, 1.807) is 39.3 Å². The summed E-state index contributed by atoms with van der Waals surface area (Å²) in [5, 5.41) is 10.3. The van der Waals surface area contributed by atoms with Crippen molar-refractivity contribution in [1.29, 1.82) is 0 Å². The zero-order valence-corrected chi connectivity index (χ0v) is 16.0. The minimum Gasteiger partial charge on any atom is -0.464 e. The summed E-state index contributed by atoms with van der Waals surface area (Å²) in [6, 6.07) is 4.80. The average molecular weight is 388 g/mol. The van der Waals surface area contributed by atoms with Crippen LogP contribution in [0.5, 0.6) is 11.5 Å². The topological polar surface area (TPSA) is 102 Å². The van der Waals surface area contributed by atoms with Gasteiger partial charge in [0.05, 0.1) is 33.0 Å². The fourth-order valence-corrected chi connectivity index (χ4v) is 1.97. The smallest absolute Gasteiger partial charge is 0.339 e. The van der Waals surface area contributed by atoms with Crippen molar-refractivity contribution in [2.75, 3.05) is 60.8 Å². The molecule has 1 aromatic rings. The number of hydrogen-bond donors (Lipinski definition) is 1. The lowest BCUT2D eigenvalue weighted by Gasteiger charge is -2.18. The number of methoxy groups -OCH3 is 2. The third-order valence-electron chi connectivity index (χ3n) is 3.26.